The Labute approximate surface area is 211 Å². The van der Waals surface area contributed by atoms with E-state index in [4.69, 9.17) is 18.8 Å². The molecule has 0 N–H and O–H groups in total. The quantitative estimate of drug-likeness (QED) is 0.262. The molecule has 196 valence electrons. The second kappa shape index (κ2) is 12.8. The molecule has 2 aliphatic heterocycles. The molecular formula is C27H34BF3O5. The molecule has 2 fully saturated rings. The summed E-state index contributed by atoms with van der Waals surface area (Å²) in [7, 11) is -0.460. The van der Waals surface area contributed by atoms with Crippen LogP contribution in [0, 0.1) is 0 Å². The zero-order chi connectivity index (χ0) is 25.4. The van der Waals surface area contributed by atoms with Crippen LogP contribution >= 0.6 is 0 Å². The lowest BCUT2D eigenvalue weighted by Crippen LogP contribution is -2.54. The van der Waals surface area contributed by atoms with Gasteiger partial charge in [0.1, 0.15) is 17.6 Å². The minimum absolute atomic E-state index is 0.100. The lowest BCUT2D eigenvalue weighted by molar-refractivity contribution is -0.274. The standard InChI is InChI=1S/C27H34BF3O5/c1-2-3-4-5-6-7-18-32-22-14-10-21(11-15-22)28-33-19-26-25(36-28)17-16-24(34-26)20-8-12-23(13-9-20)35-27(29,30)31/h8-15,24-26H,2-7,16-19H2,1H3/t24-,25+,26-/m1/s1. The van der Waals surface area contributed by atoms with Crippen molar-refractivity contribution in [2.24, 2.45) is 0 Å². The van der Waals surface area contributed by atoms with Crippen LogP contribution in [0.5, 0.6) is 11.5 Å². The fourth-order valence-electron chi connectivity index (χ4n) is 4.65. The Morgan fingerprint density at radius 1 is 0.861 bits per heavy atom. The predicted molar refractivity (Wildman–Crippen MR) is 131 cm³/mol. The van der Waals surface area contributed by atoms with Crippen molar-refractivity contribution in [3.8, 4) is 11.5 Å². The Hall–Kier alpha value is -2.23. The second-order valence-electron chi connectivity index (χ2n) is 9.38. The van der Waals surface area contributed by atoms with Crippen LogP contribution in [-0.4, -0.2) is 38.9 Å². The molecule has 0 unspecified atom stereocenters. The maximum absolute atomic E-state index is 12.4. The molecule has 0 aromatic heterocycles. The summed E-state index contributed by atoms with van der Waals surface area (Å²) in [6.45, 7) is 3.33. The van der Waals surface area contributed by atoms with Gasteiger partial charge in [0.05, 0.1) is 25.4 Å². The number of ether oxygens (including phenoxy) is 3. The van der Waals surface area contributed by atoms with Crippen molar-refractivity contribution in [1.29, 1.82) is 0 Å². The van der Waals surface area contributed by atoms with E-state index in [0.29, 0.717) is 13.0 Å². The van der Waals surface area contributed by atoms with Gasteiger partial charge in [-0.3, -0.25) is 0 Å². The first-order chi connectivity index (χ1) is 17.4. The molecule has 2 aromatic carbocycles. The maximum atomic E-state index is 12.4. The van der Waals surface area contributed by atoms with Gasteiger partial charge in [0.2, 0.25) is 0 Å². The molecule has 0 bridgehead atoms. The molecule has 5 nitrogen and oxygen atoms in total. The smallest absolute Gasteiger partial charge is 0.494 e. The lowest BCUT2D eigenvalue weighted by atomic mass is 9.76. The zero-order valence-corrected chi connectivity index (χ0v) is 20.7. The van der Waals surface area contributed by atoms with E-state index in [9.17, 15) is 13.2 Å². The molecule has 4 rings (SSSR count). The van der Waals surface area contributed by atoms with Crippen LogP contribution < -0.4 is 14.9 Å². The van der Waals surface area contributed by atoms with Gasteiger partial charge in [-0.05, 0) is 54.6 Å². The minimum Gasteiger partial charge on any atom is -0.494 e. The molecule has 36 heavy (non-hydrogen) atoms. The van der Waals surface area contributed by atoms with Gasteiger partial charge >= 0.3 is 13.5 Å². The summed E-state index contributed by atoms with van der Waals surface area (Å²) < 4.78 is 65.3. The molecule has 0 saturated carbocycles. The van der Waals surface area contributed by atoms with Crippen molar-refractivity contribution in [1.82, 2.24) is 0 Å². The molecule has 2 aromatic rings. The van der Waals surface area contributed by atoms with Crippen LogP contribution in [0.4, 0.5) is 13.2 Å². The molecular weight excluding hydrogens is 472 g/mol. The van der Waals surface area contributed by atoms with Crippen molar-refractivity contribution in [2.45, 2.75) is 83.0 Å². The van der Waals surface area contributed by atoms with Gasteiger partial charge in [-0.1, -0.05) is 63.3 Å². The highest BCUT2D eigenvalue weighted by Crippen LogP contribution is 2.36. The Bertz CT molecular complexity index is 923. The molecule has 9 heteroatoms. The van der Waals surface area contributed by atoms with Gasteiger partial charge in [0.15, 0.2) is 0 Å². The van der Waals surface area contributed by atoms with Gasteiger partial charge in [0.25, 0.3) is 0 Å². The summed E-state index contributed by atoms with van der Waals surface area (Å²) >= 11 is 0. The molecule has 0 spiro atoms. The van der Waals surface area contributed by atoms with E-state index in [2.05, 4.69) is 11.7 Å². The maximum Gasteiger partial charge on any atom is 0.573 e. The van der Waals surface area contributed by atoms with Gasteiger partial charge in [-0.25, -0.2) is 0 Å². The van der Waals surface area contributed by atoms with E-state index in [1.807, 2.05) is 24.3 Å². The van der Waals surface area contributed by atoms with E-state index in [0.717, 1.165) is 36.2 Å². The van der Waals surface area contributed by atoms with Crippen LogP contribution in [0.3, 0.4) is 0 Å². The SMILES string of the molecule is CCCCCCCCOc1ccc(B2OC[C@H]3O[C@@H](c4ccc(OC(F)(F)F)cc4)CC[C@@H]3O2)cc1. The number of hydrogen-bond acceptors (Lipinski definition) is 5. The van der Waals surface area contributed by atoms with E-state index in [-0.39, 0.29) is 24.1 Å². The predicted octanol–water partition coefficient (Wildman–Crippen LogP) is 6.36. The Morgan fingerprint density at radius 2 is 1.56 bits per heavy atom. The molecule has 2 heterocycles. The fourth-order valence-corrected chi connectivity index (χ4v) is 4.65. The number of alkyl halides is 3. The summed E-state index contributed by atoms with van der Waals surface area (Å²) in [4.78, 5) is 0. The number of benzene rings is 2. The van der Waals surface area contributed by atoms with Crippen LogP contribution in [0.2, 0.25) is 0 Å². The summed E-state index contributed by atoms with van der Waals surface area (Å²) in [6, 6.07) is 13.7. The fraction of sp³-hybridized carbons (Fsp3) is 0.556. The molecule has 0 amide bonds. The van der Waals surface area contributed by atoms with Crippen molar-refractivity contribution in [2.75, 3.05) is 13.2 Å². The molecule has 3 atom stereocenters. The van der Waals surface area contributed by atoms with Crippen LogP contribution in [0.1, 0.15) is 70.0 Å². The minimum atomic E-state index is -4.70. The Balaban J connectivity index is 1.21. The summed E-state index contributed by atoms with van der Waals surface area (Å²) in [5.41, 5.74) is 1.74. The summed E-state index contributed by atoms with van der Waals surface area (Å²) in [5, 5.41) is 0. The van der Waals surface area contributed by atoms with Crippen molar-refractivity contribution >= 4 is 12.6 Å². The largest absolute Gasteiger partial charge is 0.573 e. The highest BCUT2D eigenvalue weighted by molar-refractivity contribution is 6.61. The van der Waals surface area contributed by atoms with E-state index < -0.39 is 13.5 Å². The first-order valence-electron chi connectivity index (χ1n) is 12.9. The second-order valence-corrected chi connectivity index (χ2v) is 9.38. The average molecular weight is 506 g/mol. The molecule has 2 saturated heterocycles. The first-order valence-corrected chi connectivity index (χ1v) is 12.9. The van der Waals surface area contributed by atoms with Crippen molar-refractivity contribution < 1.29 is 36.7 Å². The van der Waals surface area contributed by atoms with Gasteiger partial charge in [-0.15, -0.1) is 13.2 Å². The van der Waals surface area contributed by atoms with Crippen molar-refractivity contribution in [3.05, 3.63) is 54.1 Å². The monoisotopic (exact) mass is 506 g/mol. The lowest BCUT2D eigenvalue weighted by Gasteiger charge is -2.41. The normalized spacial score (nSPS) is 22.2. The van der Waals surface area contributed by atoms with E-state index >= 15 is 0 Å². The van der Waals surface area contributed by atoms with E-state index in [1.54, 1.807) is 12.1 Å². The summed E-state index contributed by atoms with van der Waals surface area (Å²) in [5.74, 6) is 0.599. The number of rotatable bonds is 11. The number of halogens is 3. The molecule has 0 aliphatic carbocycles. The number of fused-ring (bicyclic) bond motifs is 1. The molecule has 2 aliphatic rings. The van der Waals surface area contributed by atoms with Gasteiger partial charge < -0.3 is 23.5 Å². The molecule has 0 radical (unpaired) electrons. The third-order valence-corrected chi connectivity index (χ3v) is 6.58. The van der Waals surface area contributed by atoms with Crippen LogP contribution in [0.25, 0.3) is 0 Å². The first kappa shape index (κ1) is 26.8. The highest BCUT2D eigenvalue weighted by atomic mass is 19.4. The van der Waals surface area contributed by atoms with Gasteiger partial charge in [-0.2, -0.15) is 0 Å². The topological polar surface area (TPSA) is 46.2 Å². The number of hydrogen-bond donors (Lipinski definition) is 0. The van der Waals surface area contributed by atoms with Gasteiger partial charge in [0, 0.05) is 0 Å². The van der Waals surface area contributed by atoms with E-state index in [1.165, 1.54) is 44.2 Å². The van der Waals surface area contributed by atoms with Crippen LogP contribution in [-0.2, 0) is 14.0 Å². The Morgan fingerprint density at radius 3 is 2.28 bits per heavy atom. The summed E-state index contributed by atoms with van der Waals surface area (Å²) in [6.07, 6.45) is 3.61. The highest BCUT2D eigenvalue weighted by Gasteiger charge is 2.41. The Kier molecular flexibility index (Phi) is 9.56. The third kappa shape index (κ3) is 7.89. The van der Waals surface area contributed by atoms with Crippen molar-refractivity contribution in [3.63, 3.8) is 0 Å². The zero-order valence-electron chi connectivity index (χ0n) is 20.7. The average Bonchev–Trinajstić information content (AvgIpc) is 2.87. The van der Waals surface area contributed by atoms with Crippen LogP contribution in [0.15, 0.2) is 48.5 Å². The third-order valence-electron chi connectivity index (χ3n) is 6.58. The number of unbranched alkanes of at least 4 members (excludes halogenated alkanes) is 5.